The molecule has 0 aliphatic rings. The van der Waals surface area contributed by atoms with Gasteiger partial charge in [-0.1, -0.05) is 95.1 Å². The standard InChI is InChI=1S/6C16H20N/c2*1-11-6-7-13(3)15(9-11)16-10-12(2)8-14(4)17(16)5;2*1-11-6-7-15(13(3)8-11)16-10-12(2)9-14(4)17(16)5;2*1-11-9-13(3)17(5)16(10-11)15-8-6-7-12(2)14(15)4/h6*6-10H,1-5H3/q6*+1/i;;1D3;;2D3;. The van der Waals surface area contributed by atoms with E-state index in [2.05, 4.69) is 340 Å². The summed E-state index contributed by atoms with van der Waals surface area (Å²) in [5.74, 6) is 0. The fraction of sp³-hybridized carbons (Fsp3) is 0.312. The van der Waals surface area contributed by atoms with Gasteiger partial charge < -0.3 is 0 Å². The highest BCUT2D eigenvalue weighted by Gasteiger charge is 2.22. The van der Waals surface area contributed by atoms with E-state index in [9.17, 15) is 0 Å². The highest BCUT2D eigenvalue weighted by atomic mass is 15.0. The summed E-state index contributed by atoms with van der Waals surface area (Å²) in [6.45, 7) is 42.5. The van der Waals surface area contributed by atoms with Crippen LogP contribution in [0.4, 0.5) is 0 Å². The Hall–Kier alpha value is -9.78. The maximum absolute atomic E-state index is 7.64. The lowest BCUT2D eigenvalue weighted by atomic mass is 9.99. The van der Waals surface area contributed by atoms with Crippen molar-refractivity contribution < 1.29 is 35.6 Å². The van der Waals surface area contributed by atoms with E-state index in [1.165, 1.54) is 151 Å². The molecule has 6 heterocycles. The molecule has 0 saturated carbocycles. The number of nitrogens with zero attached hydrogens (tertiary/aromatic N) is 6. The van der Waals surface area contributed by atoms with Crippen molar-refractivity contribution in [2.45, 2.75) is 166 Å². The molecule has 12 aromatic rings. The Morgan fingerprint density at radius 3 is 0.745 bits per heavy atom. The van der Waals surface area contributed by atoms with Gasteiger partial charge in [0.2, 0.25) is 34.2 Å². The zero-order valence-corrected chi connectivity index (χ0v) is 67.0. The van der Waals surface area contributed by atoms with Gasteiger partial charge in [0.15, 0.2) is 34.2 Å². The van der Waals surface area contributed by atoms with Crippen molar-refractivity contribution in [2.75, 3.05) is 0 Å². The van der Waals surface area contributed by atoms with Crippen LogP contribution in [-0.4, -0.2) is 0 Å². The second kappa shape index (κ2) is 34.7. The smallest absolute Gasteiger partial charge is 0.199 e. The summed E-state index contributed by atoms with van der Waals surface area (Å²) in [7, 11) is 12.6. The minimum atomic E-state index is -2.07. The number of hydrogen-bond acceptors (Lipinski definition) is 0. The summed E-state index contributed by atoms with van der Waals surface area (Å²) in [5, 5.41) is 0. The van der Waals surface area contributed by atoms with E-state index in [0.717, 1.165) is 39.3 Å². The van der Waals surface area contributed by atoms with E-state index >= 15 is 0 Å². The summed E-state index contributed by atoms with van der Waals surface area (Å²) < 4.78 is 58.6. The van der Waals surface area contributed by atoms with E-state index in [4.69, 9.17) is 8.22 Å². The normalized spacial score (nSPS) is 11.8. The van der Waals surface area contributed by atoms with Gasteiger partial charge in [0.05, 0.1) is 0 Å². The Balaban J connectivity index is 0.000000181. The SMILES string of the molecule is Cc1cc(C)[n+](C)c(-c2cccc(C)c2C)c1.Cc1ccc(-c2cc(C)cc(C)[n+]2C)c(C)c1.Cc1ccc(C)c(-c2cc(C)cc(C)[n+]2C)c1.Cc1ccc(C)c(-c2cc(C)cc(C)[n+]2C)c1.[2H]C([2H])([2H])c1ccc(-c2cc(C)cc(C)[n+]2C)c(C)c1.[2H]C([2H])([2H])c1cccc(-c2cc(C)cc(C)[n+]2C)c1C. The van der Waals surface area contributed by atoms with Gasteiger partial charge in [-0.3, -0.25) is 0 Å². The molecule has 0 atom stereocenters. The monoisotopic (exact) mass is 1360 g/mol. The first-order valence-corrected chi connectivity index (χ1v) is 35.7. The molecular weight excluding hydrogens is 1240 g/mol. The summed E-state index contributed by atoms with van der Waals surface area (Å²) in [4.78, 5) is 0. The van der Waals surface area contributed by atoms with Crippen LogP contribution in [0.3, 0.4) is 0 Å². The minimum absolute atomic E-state index is 0.394. The molecule has 12 rings (SSSR count). The van der Waals surface area contributed by atoms with Gasteiger partial charge in [0.25, 0.3) is 0 Å². The molecule has 6 aromatic heterocycles. The quantitative estimate of drug-likeness (QED) is 0.148. The summed E-state index contributed by atoms with van der Waals surface area (Å²) in [6, 6.07) is 63.7. The summed E-state index contributed by atoms with van der Waals surface area (Å²) in [6.07, 6.45) is 0. The third-order valence-electron chi connectivity index (χ3n) is 20.1. The maximum atomic E-state index is 7.64. The molecule has 0 amide bonds. The van der Waals surface area contributed by atoms with Crippen LogP contribution in [-0.2, 0) is 42.3 Å². The first kappa shape index (κ1) is 70.6. The molecule has 0 unspecified atom stereocenters. The van der Waals surface area contributed by atoms with Gasteiger partial charge >= 0.3 is 0 Å². The van der Waals surface area contributed by atoms with E-state index in [1.54, 1.807) is 18.2 Å². The molecule has 0 N–H and O–H groups in total. The number of benzene rings is 6. The lowest BCUT2D eigenvalue weighted by molar-refractivity contribution is -0.666. The number of pyridine rings is 6. The van der Waals surface area contributed by atoms with Crippen molar-refractivity contribution >= 4 is 0 Å². The number of aryl methyl sites for hydroxylation is 22. The number of aromatic nitrogens is 6. The molecule has 0 bridgehead atoms. The summed E-state index contributed by atoms with van der Waals surface area (Å²) in [5.41, 5.74) is 43.1. The van der Waals surface area contributed by atoms with E-state index in [1.807, 2.05) is 46.1 Å². The van der Waals surface area contributed by atoms with Crippen molar-refractivity contribution in [3.63, 3.8) is 0 Å². The van der Waals surface area contributed by atoms with Gasteiger partial charge in [-0.2, -0.15) is 27.4 Å². The van der Waals surface area contributed by atoms with Crippen LogP contribution in [0.25, 0.3) is 67.5 Å². The van der Waals surface area contributed by atoms with Gasteiger partial charge in [0.1, 0.15) is 42.3 Å². The van der Waals surface area contributed by atoms with Crippen LogP contribution in [0.15, 0.2) is 182 Å². The molecule has 0 radical (unpaired) electrons. The average molecular weight is 1360 g/mol. The number of hydrogen-bond donors (Lipinski definition) is 0. The van der Waals surface area contributed by atoms with Gasteiger partial charge in [-0.15, -0.1) is 0 Å². The highest BCUT2D eigenvalue weighted by molar-refractivity contribution is 5.67. The molecule has 0 aliphatic carbocycles. The first-order valence-electron chi connectivity index (χ1n) is 38.7. The molecule has 0 spiro atoms. The van der Waals surface area contributed by atoms with Crippen LogP contribution in [0.1, 0.15) is 143 Å². The molecule has 6 nitrogen and oxygen atoms in total. The van der Waals surface area contributed by atoms with Crippen molar-refractivity contribution in [1.82, 2.24) is 0 Å². The fourth-order valence-electron chi connectivity index (χ4n) is 13.4. The van der Waals surface area contributed by atoms with Crippen LogP contribution < -0.4 is 27.4 Å². The summed E-state index contributed by atoms with van der Waals surface area (Å²) >= 11 is 0. The van der Waals surface area contributed by atoms with E-state index in [0.29, 0.717) is 11.1 Å². The average Bonchev–Trinajstić information content (AvgIpc) is 0.805. The molecule has 6 heteroatoms. The third kappa shape index (κ3) is 19.8. The predicted octanol–water partition coefficient (Wildman–Crippen LogP) is 20.5. The van der Waals surface area contributed by atoms with Gasteiger partial charge in [-0.25, -0.2) is 0 Å². The molecule has 102 heavy (non-hydrogen) atoms. The lowest BCUT2D eigenvalue weighted by Gasteiger charge is -2.09. The Kier molecular flexibility index (Phi) is 24.1. The van der Waals surface area contributed by atoms with Crippen molar-refractivity contribution in [2.24, 2.45) is 42.3 Å². The van der Waals surface area contributed by atoms with E-state index < -0.39 is 13.7 Å². The molecule has 0 aliphatic heterocycles. The van der Waals surface area contributed by atoms with Gasteiger partial charge in [0, 0.05) is 156 Å². The van der Waals surface area contributed by atoms with Crippen LogP contribution in [0.2, 0.25) is 0 Å². The van der Waals surface area contributed by atoms with Gasteiger partial charge in [-0.05, 0) is 239 Å². The Bertz CT molecular complexity index is 5100. The molecule has 528 valence electrons. The van der Waals surface area contributed by atoms with Crippen molar-refractivity contribution in [3.8, 4) is 67.5 Å². The second-order valence-corrected chi connectivity index (χ2v) is 28.9. The van der Waals surface area contributed by atoms with Crippen LogP contribution in [0, 0.1) is 166 Å². The maximum Gasteiger partial charge on any atom is 0.212 e. The fourth-order valence-corrected chi connectivity index (χ4v) is 13.4. The van der Waals surface area contributed by atoms with Crippen molar-refractivity contribution in [3.05, 3.63) is 316 Å². The highest BCUT2D eigenvalue weighted by Crippen LogP contribution is 2.29. The lowest BCUT2D eigenvalue weighted by Crippen LogP contribution is -2.35. The Morgan fingerprint density at radius 1 is 0.186 bits per heavy atom. The van der Waals surface area contributed by atoms with E-state index in [-0.39, 0.29) is 0 Å². The zero-order valence-electron chi connectivity index (χ0n) is 73.0. The third-order valence-corrected chi connectivity index (χ3v) is 20.1. The van der Waals surface area contributed by atoms with Crippen molar-refractivity contribution in [1.29, 1.82) is 0 Å². The molecule has 0 fully saturated rings. The molecule has 6 aromatic carbocycles. The molecular formula is C96H120N6+6. The number of rotatable bonds is 6. The zero-order chi connectivity index (χ0) is 80.5. The van der Waals surface area contributed by atoms with Crippen LogP contribution in [0.5, 0.6) is 0 Å². The molecule has 0 saturated heterocycles. The van der Waals surface area contributed by atoms with Crippen LogP contribution >= 0.6 is 0 Å². The second-order valence-electron chi connectivity index (χ2n) is 28.9. The minimum Gasteiger partial charge on any atom is -0.199 e. The topological polar surface area (TPSA) is 23.3 Å². The first-order chi connectivity index (χ1) is 50.4. The predicted molar refractivity (Wildman–Crippen MR) is 432 cm³/mol. The largest absolute Gasteiger partial charge is 0.212 e. The Labute approximate surface area is 624 Å². The Morgan fingerprint density at radius 2 is 0.441 bits per heavy atom.